The lowest BCUT2D eigenvalue weighted by Gasteiger charge is -2.20. The third-order valence-corrected chi connectivity index (χ3v) is 3.92. The van der Waals surface area contributed by atoms with Crippen molar-refractivity contribution in [2.75, 3.05) is 19.6 Å². The fraction of sp³-hybridized carbons (Fsp3) is 0.769. The van der Waals surface area contributed by atoms with E-state index in [1.165, 1.54) is 0 Å². The van der Waals surface area contributed by atoms with Gasteiger partial charge in [-0.15, -0.1) is 0 Å². The van der Waals surface area contributed by atoms with Crippen molar-refractivity contribution in [1.82, 2.24) is 14.7 Å². The van der Waals surface area contributed by atoms with Crippen LogP contribution < -0.4 is 5.73 Å². The molecule has 0 amide bonds. The molecule has 104 valence electrons. The van der Waals surface area contributed by atoms with Crippen molar-refractivity contribution >= 4 is 11.6 Å². The van der Waals surface area contributed by atoms with Crippen molar-refractivity contribution < 1.29 is 0 Å². The highest BCUT2D eigenvalue weighted by Gasteiger charge is 2.15. The Morgan fingerprint density at radius 1 is 1.39 bits per heavy atom. The van der Waals surface area contributed by atoms with Crippen LogP contribution in [-0.4, -0.2) is 40.4 Å². The van der Waals surface area contributed by atoms with E-state index in [0.29, 0.717) is 0 Å². The normalized spacial score (nSPS) is 13.3. The zero-order valence-electron chi connectivity index (χ0n) is 11.9. The average molecular weight is 273 g/mol. The van der Waals surface area contributed by atoms with Crippen LogP contribution in [0.3, 0.4) is 0 Å². The number of halogens is 1. The van der Waals surface area contributed by atoms with Gasteiger partial charge in [0.1, 0.15) is 0 Å². The van der Waals surface area contributed by atoms with Crippen LogP contribution in [0, 0.1) is 6.92 Å². The Balaban J connectivity index is 2.51. The Morgan fingerprint density at radius 2 is 2.00 bits per heavy atom. The molecule has 1 atom stereocenters. The van der Waals surface area contributed by atoms with E-state index in [4.69, 9.17) is 17.3 Å². The molecule has 2 N–H and O–H groups in total. The molecule has 0 fully saturated rings. The molecule has 1 unspecified atom stereocenters. The van der Waals surface area contributed by atoms with E-state index in [-0.39, 0.29) is 6.04 Å². The second kappa shape index (κ2) is 7.12. The molecule has 0 aromatic carbocycles. The predicted octanol–water partition coefficient (Wildman–Crippen LogP) is 1.98. The van der Waals surface area contributed by atoms with Gasteiger partial charge < -0.3 is 10.6 Å². The summed E-state index contributed by atoms with van der Waals surface area (Å²) < 4.78 is 1.84. The van der Waals surface area contributed by atoms with E-state index in [2.05, 4.69) is 23.8 Å². The summed E-state index contributed by atoms with van der Waals surface area (Å²) in [4.78, 5) is 2.38. The molecule has 0 aliphatic carbocycles. The highest BCUT2D eigenvalue weighted by atomic mass is 35.5. The summed E-state index contributed by atoms with van der Waals surface area (Å²) in [6.45, 7) is 9.48. The van der Waals surface area contributed by atoms with Crippen molar-refractivity contribution in [2.45, 2.75) is 39.7 Å². The maximum absolute atomic E-state index is 6.23. The van der Waals surface area contributed by atoms with Crippen LogP contribution in [0.2, 0.25) is 5.02 Å². The number of hydrogen-bond acceptors (Lipinski definition) is 3. The second-order valence-corrected chi connectivity index (χ2v) is 5.13. The fourth-order valence-corrected chi connectivity index (χ4v) is 2.38. The third kappa shape index (κ3) is 3.97. The minimum Gasteiger partial charge on any atom is -0.327 e. The van der Waals surface area contributed by atoms with Crippen LogP contribution in [0.25, 0.3) is 0 Å². The molecule has 0 aliphatic heterocycles. The number of nitrogens with zero attached hydrogens (tertiary/aromatic N) is 3. The van der Waals surface area contributed by atoms with E-state index in [9.17, 15) is 0 Å². The molecule has 4 nitrogen and oxygen atoms in total. The molecule has 0 bridgehead atoms. The Labute approximate surface area is 115 Å². The summed E-state index contributed by atoms with van der Waals surface area (Å²) in [6.07, 6.45) is 1.78. The van der Waals surface area contributed by atoms with Crippen LogP contribution in [0.5, 0.6) is 0 Å². The van der Waals surface area contributed by atoms with Crippen molar-refractivity contribution in [3.8, 4) is 0 Å². The van der Waals surface area contributed by atoms with Crippen molar-refractivity contribution in [1.29, 1.82) is 0 Å². The van der Waals surface area contributed by atoms with Gasteiger partial charge >= 0.3 is 0 Å². The Bertz CT molecular complexity index is 371. The molecule has 0 saturated carbocycles. The summed E-state index contributed by atoms with van der Waals surface area (Å²) in [5.41, 5.74) is 8.11. The van der Waals surface area contributed by atoms with Gasteiger partial charge in [0.05, 0.1) is 16.4 Å². The lowest BCUT2D eigenvalue weighted by Crippen LogP contribution is -2.32. The highest BCUT2D eigenvalue weighted by Crippen LogP contribution is 2.20. The van der Waals surface area contributed by atoms with Crippen LogP contribution in [0.1, 0.15) is 31.7 Å². The van der Waals surface area contributed by atoms with Gasteiger partial charge in [-0.2, -0.15) is 5.10 Å². The van der Waals surface area contributed by atoms with Crippen molar-refractivity contribution in [3.05, 3.63) is 16.4 Å². The minimum atomic E-state index is 0.137. The predicted molar refractivity (Wildman–Crippen MR) is 77.0 cm³/mol. The van der Waals surface area contributed by atoms with E-state index >= 15 is 0 Å². The number of nitrogens with two attached hydrogens (primary N) is 1. The van der Waals surface area contributed by atoms with Gasteiger partial charge in [0.25, 0.3) is 0 Å². The molecule has 1 aromatic rings. The molecule has 5 heteroatoms. The number of aromatic nitrogens is 2. The summed E-state index contributed by atoms with van der Waals surface area (Å²) in [6, 6.07) is 0.137. The van der Waals surface area contributed by atoms with Crippen LogP contribution in [-0.2, 0) is 13.5 Å². The second-order valence-electron chi connectivity index (χ2n) is 4.75. The molecule has 0 saturated heterocycles. The SMILES string of the molecule is CCN(CC)CCC(N)Cc1c(Cl)c(C)nn1C. The summed E-state index contributed by atoms with van der Waals surface area (Å²) in [7, 11) is 1.92. The van der Waals surface area contributed by atoms with E-state index < -0.39 is 0 Å². The molecule has 0 radical (unpaired) electrons. The van der Waals surface area contributed by atoms with Gasteiger partial charge in [0.15, 0.2) is 0 Å². The Kier molecular flexibility index (Phi) is 6.12. The lowest BCUT2D eigenvalue weighted by atomic mass is 10.1. The molecule has 1 rings (SSSR count). The molecule has 1 aromatic heterocycles. The smallest absolute Gasteiger partial charge is 0.0847 e. The zero-order valence-corrected chi connectivity index (χ0v) is 12.7. The first-order chi connectivity index (χ1) is 8.49. The lowest BCUT2D eigenvalue weighted by molar-refractivity contribution is 0.289. The summed E-state index contributed by atoms with van der Waals surface area (Å²) in [5.74, 6) is 0. The van der Waals surface area contributed by atoms with Crippen molar-refractivity contribution in [2.24, 2.45) is 12.8 Å². The minimum absolute atomic E-state index is 0.137. The van der Waals surface area contributed by atoms with Gasteiger partial charge in [-0.3, -0.25) is 4.68 Å². The van der Waals surface area contributed by atoms with E-state index in [1.54, 1.807) is 0 Å². The molecular weight excluding hydrogens is 248 g/mol. The summed E-state index contributed by atoms with van der Waals surface area (Å²) in [5, 5.41) is 5.07. The first-order valence-corrected chi connectivity index (χ1v) is 7.03. The van der Waals surface area contributed by atoms with Crippen LogP contribution in [0.4, 0.5) is 0 Å². The van der Waals surface area contributed by atoms with Crippen LogP contribution in [0.15, 0.2) is 0 Å². The first-order valence-electron chi connectivity index (χ1n) is 6.65. The maximum atomic E-state index is 6.23. The highest BCUT2D eigenvalue weighted by molar-refractivity contribution is 6.31. The maximum Gasteiger partial charge on any atom is 0.0847 e. The first kappa shape index (κ1) is 15.5. The van der Waals surface area contributed by atoms with Crippen molar-refractivity contribution in [3.63, 3.8) is 0 Å². The molecule has 18 heavy (non-hydrogen) atoms. The number of aryl methyl sites for hydroxylation is 2. The number of hydrogen-bond donors (Lipinski definition) is 1. The number of rotatable bonds is 7. The zero-order chi connectivity index (χ0) is 13.7. The summed E-state index contributed by atoms with van der Waals surface area (Å²) >= 11 is 6.23. The van der Waals surface area contributed by atoms with Gasteiger partial charge in [-0.25, -0.2) is 0 Å². The average Bonchev–Trinajstić information content (AvgIpc) is 2.57. The van der Waals surface area contributed by atoms with Gasteiger partial charge in [0.2, 0.25) is 0 Å². The van der Waals surface area contributed by atoms with Gasteiger partial charge in [-0.05, 0) is 33.0 Å². The van der Waals surface area contributed by atoms with Crippen LogP contribution >= 0.6 is 11.6 Å². The van der Waals surface area contributed by atoms with E-state index in [1.807, 2.05) is 18.7 Å². The van der Waals surface area contributed by atoms with Gasteiger partial charge in [-0.1, -0.05) is 25.4 Å². The van der Waals surface area contributed by atoms with E-state index in [0.717, 1.165) is 48.9 Å². The monoisotopic (exact) mass is 272 g/mol. The largest absolute Gasteiger partial charge is 0.327 e. The quantitative estimate of drug-likeness (QED) is 0.826. The fourth-order valence-electron chi connectivity index (χ4n) is 2.14. The Morgan fingerprint density at radius 3 is 2.44 bits per heavy atom. The molecular formula is C13H25ClN4. The third-order valence-electron chi connectivity index (χ3n) is 3.43. The van der Waals surface area contributed by atoms with Gasteiger partial charge in [0, 0.05) is 19.5 Å². The molecule has 0 aliphatic rings. The Hall–Kier alpha value is -0.580. The standard InChI is InChI=1S/C13H25ClN4/c1-5-18(6-2)8-7-11(15)9-12-13(14)10(3)16-17(12)4/h11H,5-9,15H2,1-4H3. The molecule has 0 spiro atoms. The topological polar surface area (TPSA) is 47.1 Å². The molecule has 1 heterocycles.